The highest BCUT2D eigenvalue weighted by Crippen LogP contribution is 2.51. The van der Waals surface area contributed by atoms with Crippen molar-refractivity contribution in [2.24, 2.45) is 0 Å². The molecule has 0 unspecified atom stereocenters. The number of hydrogen-bond donors (Lipinski definition) is 0. The fourth-order valence-corrected chi connectivity index (χ4v) is 4.89. The number of aromatic nitrogens is 2. The largest absolute Gasteiger partial charge is 0.305 e. The topological polar surface area (TPSA) is 32.3 Å². The first-order chi connectivity index (χ1) is 13.4. The molecule has 0 radical (unpaired) electrons. The molecule has 2 aromatic carbocycles. The van der Waals surface area contributed by atoms with E-state index < -0.39 is 0 Å². The summed E-state index contributed by atoms with van der Waals surface area (Å²) < 4.78 is 0. The Kier molecular flexibility index (Phi) is 3.57. The Morgan fingerprint density at radius 2 is 1.04 bits per heavy atom. The van der Waals surface area contributed by atoms with Gasteiger partial charge in [-0.1, -0.05) is 64.1 Å². The van der Waals surface area contributed by atoms with E-state index in [9.17, 15) is 0 Å². The molecule has 1 aromatic heterocycles. The van der Waals surface area contributed by atoms with Gasteiger partial charge in [0.1, 0.15) is 6.67 Å². The van der Waals surface area contributed by atoms with E-state index in [0.29, 0.717) is 6.67 Å². The fraction of sp³-hybridized carbons (Fsp3) is 0.333. The Hall–Kier alpha value is -2.88. The van der Waals surface area contributed by atoms with Gasteiger partial charge in [-0.3, -0.25) is 0 Å². The van der Waals surface area contributed by atoms with Gasteiger partial charge in [0, 0.05) is 22.2 Å². The van der Waals surface area contributed by atoms with Crippen molar-refractivity contribution in [3.63, 3.8) is 0 Å². The molecule has 2 aliphatic rings. The zero-order chi connectivity index (χ0) is 19.5. The van der Waals surface area contributed by atoms with Crippen molar-refractivity contribution in [2.75, 3.05) is 16.5 Å². The molecule has 0 atom stereocenters. The van der Waals surface area contributed by atoms with E-state index in [4.69, 9.17) is 9.97 Å². The third-order valence-corrected chi connectivity index (χ3v) is 5.96. The predicted molar refractivity (Wildman–Crippen MR) is 115 cm³/mol. The summed E-state index contributed by atoms with van der Waals surface area (Å²) in [5.41, 5.74) is 4.64. The van der Waals surface area contributed by atoms with E-state index in [1.54, 1.807) is 0 Å². The molecule has 5 rings (SSSR count). The van der Waals surface area contributed by atoms with Crippen LogP contribution in [-0.2, 0) is 10.8 Å². The van der Waals surface area contributed by atoms with Crippen LogP contribution in [0.1, 0.15) is 45.5 Å². The van der Waals surface area contributed by atoms with Crippen molar-refractivity contribution in [3.8, 4) is 0 Å². The molecule has 0 N–H and O–H groups in total. The Morgan fingerprint density at radius 3 is 1.43 bits per heavy atom. The first-order valence-electron chi connectivity index (χ1n) is 9.95. The summed E-state index contributed by atoms with van der Waals surface area (Å²) in [5.74, 6) is 1.92. The Balaban J connectivity index is 1.73. The van der Waals surface area contributed by atoms with Crippen molar-refractivity contribution in [3.05, 3.63) is 72.1 Å². The molecule has 2 heterocycles. The summed E-state index contributed by atoms with van der Waals surface area (Å²) in [4.78, 5) is 15.0. The molecule has 0 spiro atoms. The highest BCUT2D eigenvalue weighted by Gasteiger charge is 2.47. The molecule has 28 heavy (non-hydrogen) atoms. The Bertz CT molecular complexity index is 943. The van der Waals surface area contributed by atoms with Gasteiger partial charge in [-0.15, -0.1) is 0 Å². The van der Waals surface area contributed by atoms with Gasteiger partial charge in [0.2, 0.25) is 0 Å². The number of nitrogens with zero attached hydrogens (tertiary/aromatic N) is 4. The lowest BCUT2D eigenvalue weighted by atomic mass is 9.83. The van der Waals surface area contributed by atoms with Crippen LogP contribution in [0.15, 0.2) is 60.7 Å². The lowest BCUT2D eigenvalue weighted by molar-refractivity contribution is 0.396. The van der Waals surface area contributed by atoms with Gasteiger partial charge in [0.05, 0.1) is 11.4 Å². The van der Waals surface area contributed by atoms with Gasteiger partial charge in [0.15, 0.2) is 11.6 Å². The summed E-state index contributed by atoms with van der Waals surface area (Å²) in [5, 5.41) is 0. The minimum Gasteiger partial charge on any atom is -0.305 e. The molecule has 1 aliphatic carbocycles. The molecule has 4 heteroatoms. The molecule has 0 amide bonds. The zero-order valence-corrected chi connectivity index (χ0v) is 17.0. The van der Waals surface area contributed by atoms with Crippen LogP contribution >= 0.6 is 0 Å². The van der Waals surface area contributed by atoms with Crippen molar-refractivity contribution in [1.82, 2.24) is 9.97 Å². The summed E-state index contributed by atoms with van der Waals surface area (Å²) >= 11 is 0. The van der Waals surface area contributed by atoms with Crippen LogP contribution in [0.5, 0.6) is 0 Å². The van der Waals surface area contributed by atoms with E-state index in [-0.39, 0.29) is 10.8 Å². The summed E-state index contributed by atoms with van der Waals surface area (Å²) in [6, 6.07) is 21.0. The standard InChI is InChI=1S/C24H26N4/c1-23(2)15-24(3,4)20-19(23)25-21-22(26-20)28(18-13-9-6-10-14-18)16-27(21)17-11-7-5-8-12-17/h5-14H,15-16H2,1-4H3. The van der Waals surface area contributed by atoms with Gasteiger partial charge in [0.25, 0.3) is 0 Å². The monoisotopic (exact) mass is 370 g/mol. The normalized spacial score (nSPS) is 18.9. The summed E-state index contributed by atoms with van der Waals surface area (Å²) in [6.45, 7) is 9.88. The van der Waals surface area contributed by atoms with Gasteiger partial charge in [-0.05, 0) is 30.7 Å². The van der Waals surface area contributed by atoms with Crippen molar-refractivity contribution < 1.29 is 0 Å². The van der Waals surface area contributed by atoms with E-state index in [1.165, 1.54) is 0 Å². The van der Waals surface area contributed by atoms with Crippen molar-refractivity contribution in [1.29, 1.82) is 0 Å². The first kappa shape index (κ1) is 17.2. The Labute approximate surface area is 166 Å². The second-order valence-electron chi connectivity index (χ2n) is 9.18. The van der Waals surface area contributed by atoms with Gasteiger partial charge in [-0.2, -0.15) is 0 Å². The van der Waals surface area contributed by atoms with Crippen LogP contribution in [-0.4, -0.2) is 16.6 Å². The third kappa shape index (κ3) is 2.51. The average Bonchev–Trinajstić information content (AvgIpc) is 3.14. The molecule has 142 valence electrons. The molecule has 0 saturated carbocycles. The van der Waals surface area contributed by atoms with Crippen LogP contribution in [0.2, 0.25) is 0 Å². The van der Waals surface area contributed by atoms with E-state index in [1.807, 2.05) is 0 Å². The Morgan fingerprint density at radius 1 is 0.643 bits per heavy atom. The molecule has 0 bridgehead atoms. The molecule has 1 aliphatic heterocycles. The second kappa shape index (κ2) is 5.81. The molecular weight excluding hydrogens is 344 g/mol. The van der Waals surface area contributed by atoms with Gasteiger partial charge in [-0.25, -0.2) is 9.97 Å². The lowest BCUT2D eigenvalue weighted by Gasteiger charge is -2.22. The van der Waals surface area contributed by atoms with Crippen LogP contribution in [0.25, 0.3) is 0 Å². The number of benzene rings is 2. The maximum atomic E-state index is 5.24. The number of rotatable bonds is 2. The van der Waals surface area contributed by atoms with E-state index in [0.717, 1.165) is 40.8 Å². The predicted octanol–water partition coefficient (Wildman–Crippen LogP) is 5.68. The summed E-state index contributed by atoms with van der Waals surface area (Å²) in [7, 11) is 0. The zero-order valence-electron chi connectivity index (χ0n) is 17.0. The number of hydrogen-bond acceptors (Lipinski definition) is 4. The number of anilines is 4. The van der Waals surface area contributed by atoms with Crippen LogP contribution in [0, 0.1) is 0 Å². The maximum absolute atomic E-state index is 5.24. The highest BCUT2D eigenvalue weighted by molar-refractivity contribution is 5.82. The highest BCUT2D eigenvalue weighted by atomic mass is 15.4. The van der Waals surface area contributed by atoms with Crippen molar-refractivity contribution in [2.45, 2.75) is 44.9 Å². The van der Waals surface area contributed by atoms with Crippen LogP contribution < -0.4 is 9.80 Å². The summed E-state index contributed by atoms with van der Waals surface area (Å²) in [6.07, 6.45) is 1.06. The molecular formula is C24H26N4. The molecule has 4 nitrogen and oxygen atoms in total. The minimum atomic E-state index is 0.0311. The number of para-hydroxylation sites is 2. The third-order valence-electron chi connectivity index (χ3n) is 5.96. The minimum absolute atomic E-state index is 0.0311. The second-order valence-corrected chi connectivity index (χ2v) is 9.18. The van der Waals surface area contributed by atoms with Crippen LogP contribution in [0.4, 0.5) is 23.0 Å². The van der Waals surface area contributed by atoms with E-state index >= 15 is 0 Å². The van der Waals surface area contributed by atoms with Gasteiger partial charge >= 0.3 is 0 Å². The lowest BCUT2D eigenvalue weighted by Crippen LogP contribution is -2.24. The quantitative estimate of drug-likeness (QED) is 0.581. The maximum Gasteiger partial charge on any atom is 0.178 e. The number of fused-ring (bicyclic) bond motifs is 2. The fourth-order valence-electron chi connectivity index (χ4n) is 4.89. The SMILES string of the molecule is CC1(C)CC(C)(C)c2nc3c(nc21)N(c1ccccc1)CN3c1ccccc1. The smallest absolute Gasteiger partial charge is 0.178 e. The molecule has 0 fully saturated rings. The van der Waals surface area contributed by atoms with Crippen LogP contribution in [0.3, 0.4) is 0 Å². The van der Waals surface area contributed by atoms with E-state index in [2.05, 4.69) is 98.2 Å². The first-order valence-corrected chi connectivity index (χ1v) is 9.95. The molecule has 3 aromatic rings. The van der Waals surface area contributed by atoms with Gasteiger partial charge < -0.3 is 9.80 Å². The average molecular weight is 371 g/mol. The molecule has 0 saturated heterocycles. The van der Waals surface area contributed by atoms with Crippen molar-refractivity contribution >= 4 is 23.0 Å².